The molecule has 0 saturated carbocycles. The average Bonchev–Trinajstić information content (AvgIpc) is 2.83. The first-order chi connectivity index (χ1) is 9.25. The van der Waals surface area contributed by atoms with E-state index in [1.165, 1.54) is 51.4 Å². The SMILES string of the molecule is CCCC1=C2C=CC(=C1CCC)C2(CCC)CCC.Cl. The molecule has 0 radical (unpaired) electrons. The fourth-order valence-electron chi connectivity index (χ4n) is 4.32. The Morgan fingerprint density at radius 1 is 0.700 bits per heavy atom. The number of halogens is 1. The quantitative estimate of drug-likeness (QED) is 0.463. The third-order valence-corrected chi connectivity index (χ3v) is 4.82. The molecule has 0 saturated heterocycles. The number of hydrogen-bond acceptors (Lipinski definition) is 0. The molecule has 0 spiro atoms. The lowest BCUT2D eigenvalue weighted by Crippen LogP contribution is -2.19. The molecule has 2 aliphatic rings. The molecule has 0 aromatic carbocycles. The Morgan fingerprint density at radius 2 is 1.10 bits per heavy atom. The van der Waals surface area contributed by atoms with Gasteiger partial charge in [-0.2, -0.15) is 0 Å². The van der Waals surface area contributed by atoms with Gasteiger partial charge in [0.1, 0.15) is 0 Å². The zero-order valence-electron chi connectivity index (χ0n) is 13.7. The van der Waals surface area contributed by atoms with Crippen LogP contribution in [0, 0.1) is 5.41 Å². The summed E-state index contributed by atoms with van der Waals surface area (Å²) in [5, 5.41) is 0. The van der Waals surface area contributed by atoms with Gasteiger partial charge in [-0.1, -0.05) is 65.5 Å². The van der Waals surface area contributed by atoms with Crippen LogP contribution in [-0.2, 0) is 0 Å². The largest absolute Gasteiger partial charge is 0.147 e. The number of hydrogen-bond donors (Lipinski definition) is 0. The van der Waals surface area contributed by atoms with E-state index in [4.69, 9.17) is 0 Å². The van der Waals surface area contributed by atoms with Crippen LogP contribution in [0.1, 0.15) is 79.1 Å². The van der Waals surface area contributed by atoms with Gasteiger partial charge in [-0.05, 0) is 48.0 Å². The Morgan fingerprint density at radius 3 is 1.40 bits per heavy atom. The highest BCUT2D eigenvalue weighted by atomic mass is 35.5. The van der Waals surface area contributed by atoms with E-state index in [9.17, 15) is 0 Å². The van der Waals surface area contributed by atoms with E-state index in [1.807, 2.05) is 0 Å². The topological polar surface area (TPSA) is 0 Å². The van der Waals surface area contributed by atoms with E-state index in [-0.39, 0.29) is 12.4 Å². The minimum absolute atomic E-state index is 0. The molecule has 20 heavy (non-hydrogen) atoms. The molecule has 114 valence electrons. The zero-order valence-corrected chi connectivity index (χ0v) is 14.5. The molecule has 0 aromatic heterocycles. The molecule has 0 N–H and O–H groups in total. The summed E-state index contributed by atoms with van der Waals surface area (Å²) in [7, 11) is 0. The molecule has 2 aliphatic carbocycles. The second-order valence-electron chi connectivity index (χ2n) is 6.20. The number of allylic oxidation sites excluding steroid dienone is 6. The van der Waals surface area contributed by atoms with Crippen LogP contribution >= 0.6 is 12.4 Å². The minimum Gasteiger partial charge on any atom is -0.147 e. The van der Waals surface area contributed by atoms with Crippen molar-refractivity contribution in [2.45, 2.75) is 79.1 Å². The Kier molecular flexibility index (Phi) is 6.58. The zero-order chi connectivity index (χ0) is 13.9. The summed E-state index contributed by atoms with van der Waals surface area (Å²) in [5.41, 5.74) is 7.28. The molecule has 0 fully saturated rings. The lowest BCUT2D eigenvalue weighted by atomic mass is 9.73. The van der Waals surface area contributed by atoms with Crippen molar-refractivity contribution < 1.29 is 0 Å². The van der Waals surface area contributed by atoms with Gasteiger partial charge in [-0.3, -0.25) is 0 Å². The maximum absolute atomic E-state index is 2.45. The van der Waals surface area contributed by atoms with Crippen molar-refractivity contribution in [3.63, 3.8) is 0 Å². The van der Waals surface area contributed by atoms with Crippen molar-refractivity contribution in [2.75, 3.05) is 0 Å². The monoisotopic (exact) mass is 294 g/mol. The fraction of sp³-hybridized carbons (Fsp3) is 0.684. The van der Waals surface area contributed by atoms with E-state index in [0.717, 1.165) is 0 Å². The predicted molar refractivity (Wildman–Crippen MR) is 92.5 cm³/mol. The van der Waals surface area contributed by atoms with E-state index in [2.05, 4.69) is 39.8 Å². The van der Waals surface area contributed by atoms with Crippen molar-refractivity contribution in [1.29, 1.82) is 0 Å². The highest BCUT2D eigenvalue weighted by Gasteiger charge is 2.45. The van der Waals surface area contributed by atoms with Crippen LogP contribution in [0.5, 0.6) is 0 Å². The molecule has 0 heterocycles. The van der Waals surface area contributed by atoms with Crippen molar-refractivity contribution in [3.8, 4) is 0 Å². The summed E-state index contributed by atoms with van der Waals surface area (Å²) >= 11 is 0. The summed E-state index contributed by atoms with van der Waals surface area (Å²) < 4.78 is 0. The average molecular weight is 295 g/mol. The Hall–Kier alpha value is -0.490. The van der Waals surface area contributed by atoms with Gasteiger partial charge in [0.05, 0.1) is 0 Å². The van der Waals surface area contributed by atoms with Gasteiger partial charge in [0.25, 0.3) is 0 Å². The Balaban J connectivity index is 0.00000200. The van der Waals surface area contributed by atoms with Gasteiger partial charge in [0, 0.05) is 5.41 Å². The maximum atomic E-state index is 2.45. The van der Waals surface area contributed by atoms with Crippen LogP contribution in [0.15, 0.2) is 34.4 Å². The van der Waals surface area contributed by atoms with Crippen LogP contribution in [-0.4, -0.2) is 0 Å². The van der Waals surface area contributed by atoms with E-state index in [0.29, 0.717) is 5.41 Å². The summed E-state index contributed by atoms with van der Waals surface area (Å²) in [6.45, 7) is 9.32. The van der Waals surface area contributed by atoms with Gasteiger partial charge in [-0.15, -0.1) is 12.4 Å². The molecular weight excluding hydrogens is 264 g/mol. The number of fused-ring (bicyclic) bond motifs is 2. The summed E-state index contributed by atoms with van der Waals surface area (Å²) in [6, 6.07) is 0. The molecule has 1 heteroatoms. The Bertz CT molecular complexity index is 383. The molecule has 0 nitrogen and oxygen atoms in total. The van der Waals surface area contributed by atoms with Crippen LogP contribution in [0.25, 0.3) is 0 Å². The van der Waals surface area contributed by atoms with Crippen LogP contribution < -0.4 is 0 Å². The van der Waals surface area contributed by atoms with Gasteiger partial charge in [0.2, 0.25) is 0 Å². The van der Waals surface area contributed by atoms with Crippen LogP contribution in [0.2, 0.25) is 0 Å². The summed E-state index contributed by atoms with van der Waals surface area (Å²) in [5.74, 6) is 0. The molecule has 0 atom stereocenters. The van der Waals surface area contributed by atoms with E-state index in [1.54, 1.807) is 22.3 Å². The second-order valence-corrected chi connectivity index (χ2v) is 6.20. The first-order valence-corrected chi connectivity index (χ1v) is 8.40. The molecule has 0 aromatic rings. The molecule has 2 bridgehead atoms. The molecule has 2 rings (SSSR count). The maximum Gasteiger partial charge on any atom is 0.0208 e. The summed E-state index contributed by atoms with van der Waals surface area (Å²) in [4.78, 5) is 0. The van der Waals surface area contributed by atoms with Gasteiger partial charge >= 0.3 is 0 Å². The third kappa shape index (κ3) is 2.64. The molecule has 0 aliphatic heterocycles. The highest BCUT2D eigenvalue weighted by Crippen LogP contribution is 2.59. The van der Waals surface area contributed by atoms with Gasteiger partial charge < -0.3 is 0 Å². The molecular formula is C19H31Cl. The standard InChI is InChI=1S/C19H30.ClH/c1-5-9-15-16(10-6-2)18-12-11-17(15)19(18,13-7-3)14-8-4;/h11-12H,5-10,13-14H2,1-4H3;1H. The van der Waals surface area contributed by atoms with Crippen molar-refractivity contribution in [2.24, 2.45) is 5.41 Å². The van der Waals surface area contributed by atoms with E-state index < -0.39 is 0 Å². The van der Waals surface area contributed by atoms with Crippen molar-refractivity contribution >= 4 is 12.4 Å². The number of rotatable bonds is 8. The molecule has 0 unspecified atom stereocenters. The highest BCUT2D eigenvalue weighted by molar-refractivity contribution is 5.85. The van der Waals surface area contributed by atoms with Gasteiger partial charge in [0.15, 0.2) is 0 Å². The first kappa shape index (κ1) is 17.6. The summed E-state index contributed by atoms with van der Waals surface area (Å²) in [6.07, 6.45) is 15.3. The second kappa shape index (κ2) is 7.50. The fourth-order valence-corrected chi connectivity index (χ4v) is 4.32. The lowest BCUT2D eigenvalue weighted by Gasteiger charge is -2.30. The van der Waals surface area contributed by atoms with Gasteiger partial charge in [-0.25, -0.2) is 0 Å². The molecule has 0 amide bonds. The minimum atomic E-state index is 0. The predicted octanol–water partition coefficient (Wildman–Crippen LogP) is 6.77. The lowest BCUT2D eigenvalue weighted by molar-refractivity contribution is 0.382. The van der Waals surface area contributed by atoms with Crippen LogP contribution in [0.3, 0.4) is 0 Å². The normalized spacial score (nSPS) is 19.0. The Labute approximate surface area is 131 Å². The van der Waals surface area contributed by atoms with Crippen LogP contribution in [0.4, 0.5) is 0 Å². The first-order valence-electron chi connectivity index (χ1n) is 8.40. The van der Waals surface area contributed by atoms with Crippen molar-refractivity contribution in [3.05, 3.63) is 34.4 Å². The third-order valence-electron chi connectivity index (χ3n) is 4.82. The smallest absolute Gasteiger partial charge is 0.0208 e. The van der Waals surface area contributed by atoms with E-state index >= 15 is 0 Å². The van der Waals surface area contributed by atoms with Crippen molar-refractivity contribution in [1.82, 2.24) is 0 Å².